The van der Waals surface area contributed by atoms with Crippen molar-refractivity contribution in [1.82, 2.24) is 0 Å². The molecule has 2 unspecified atom stereocenters. The molecule has 2 fully saturated rings. The largest absolute Gasteiger partial charge is 0.385 e. The molecule has 2 aliphatic carbocycles. The summed E-state index contributed by atoms with van der Waals surface area (Å²) in [5, 5.41) is 1.18. The van der Waals surface area contributed by atoms with Gasteiger partial charge in [0.2, 0.25) is 0 Å². The molecule has 0 saturated heterocycles. The van der Waals surface area contributed by atoms with Gasteiger partial charge in [-0.25, -0.2) is 0 Å². The molecule has 0 aromatic carbocycles. The average molecular weight is 233 g/mol. The number of fused-ring (bicyclic) bond motifs is 1. The van der Waals surface area contributed by atoms with Crippen molar-refractivity contribution in [2.24, 2.45) is 17.3 Å². The maximum atomic E-state index is 5.16. The zero-order valence-corrected chi connectivity index (χ0v) is 9.27. The van der Waals surface area contributed by atoms with Crippen molar-refractivity contribution in [1.29, 1.82) is 0 Å². The Hall–Kier alpha value is 0.440. The molecule has 0 heterocycles. The van der Waals surface area contributed by atoms with Crippen molar-refractivity contribution in [2.75, 3.05) is 19.0 Å². The summed E-state index contributed by atoms with van der Waals surface area (Å²) in [7, 11) is 1.80. The van der Waals surface area contributed by atoms with Crippen LogP contribution in [0.1, 0.15) is 25.7 Å². The van der Waals surface area contributed by atoms with Crippen LogP contribution in [0.2, 0.25) is 0 Å². The van der Waals surface area contributed by atoms with Crippen LogP contribution in [-0.4, -0.2) is 19.0 Å². The number of ether oxygens (including phenoxy) is 1. The number of halogens is 1. The summed E-state index contributed by atoms with van der Waals surface area (Å²) in [5.74, 6) is 2.17. The zero-order chi connectivity index (χ0) is 8.60. The smallest absolute Gasteiger partial charge is 0.0467 e. The van der Waals surface area contributed by atoms with Gasteiger partial charge >= 0.3 is 0 Å². The van der Waals surface area contributed by atoms with Crippen molar-refractivity contribution < 1.29 is 4.74 Å². The number of methoxy groups -OCH3 is 1. The molecular formula is C10H17BrO. The first-order valence-electron chi connectivity index (χ1n) is 4.84. The lowest BCUT2D eigenvalue weighted by atomic mass is 9.82. The summed E-state index contributed by atoms with van der Waals surface area (Å²) in [5.41, 5.74) is 0.601. The summed E-state index contributed by atoms with van der Waals surface area (Å²) >= 11 is 3.66. The number of hydrogen-bond donors (Lipinski definition) is 0. The Balaban J connectivity index is 1.87. The standard InChI is InChI=1S/C10H17BrO/c1-12-3-2-10(7-11)5-8-4-9(8)6-10/h8-9H,2-7H2,1H3. The lowest BCUT2D eigenvalue weighted by molar-refractivity contribution is 0.142. The van der Waals surface area contributed by atoms with Crippen molar-refractivity contribution in [3.8, 4) is 0 Å². The van der Waals surface area contributed by atoms with Crippen LogP contribution in [0.5, 0.6) is 0 Å². The van der Waals surface area contributed by atoms with Gasteiger partial charge in [0, 0.05) is 19.0 Å². The Bertz CT molecular complexity index is 159. The van der Waals surface area contributed by atoms with Gasteiger partial charge < -0.3 is 4.74 Å². The zero-order valence-electron chi connectivity index (χ0n) is 7.68. The maximum absolute atomic E-state index is 5.16. The average Bonchev–Trinajstić information content (AvgIpc) is 2.72. The predicted octanol–water partition coefficient (Wildman–Crippen LogP) is 2.83. The molecular weight excluding hydrogens is 216 g/mol. The normalized spacial score (nSPS) is 44.5. The van der Waals surface area contributed by atoms with Crippen molar-refractivity contribution in [3.63, 3.8) is 0 Å². The molecule has 2 atom stereocenters. The van der Waals surface area contributed by atoms with Gasteiger partial charge in [0.05, 0.1) is 0 Å². The molecule has 2 heteroatoms. The molecule has 2 aliphatic rings. The van der Waals surface area contributed by atoms with E-state index in [1.54, 1.807) is 7.11 Å². The van der Waals surface area contributed by atoms with Crippen LogP contribution in [0.3, 0.4) is 0 Å². The van der Waals surface area contributed by atoms with Crippen molar-refractivity contribution in [3.05, 3.63) is 0 Å². The fraction of sp³-hybridized carbons (Fsp3) is 1.00. The van der Waals surface area contributed by atoms with Crippen LogP contribution >= 0.6 is 15.9 Å². The summed E-state index contributed by atoms with van der Waals surface area (Å²) in [6.07, 6.45) is 5.67. The number of alkyl halides is 1. The Morgan fingerprint density at radius 1 is 1.42 bits per heavy atom. The topological polar surface area (TPSA) is 9.23 Å². The van der Waals surface area contributed by atoms with E-state index >= 15 is 0 Å². The SMILES string of the molecule is COCCC1(CBr)CC2CC2C1. The first-order valence-corrected chi connectivity index (χ1v) is 5.97. The minimum absolute atomic E-state index is 0.601. The van der Waals surface area contributed by atoms with Crippen LogP contribution in [0.4, 0.5) is 0 Å². The van der Waals surface area contributed by atoms with Crippen LogP contribution < -0.4 is 0 Å². The first-order chi connectivity index (χ1) is 5.79. The fourth-order valence-electron chi connectivity index (χ4n) is 2.70. The molecule has 0 aromatic heterocycles. The van der Waals surface area contributed by atoms with Crippen LogP contribution in [0.25, 0.3) is 0 Å². The summed E-state index contributed by atoms with van der Waals surface area (Å²) in [6.45, 7) is 0.936. The van der Waals surface area contributed by atoms with E-state index in [-0.39, 0.29) is 0 Å². The fourth-order valence-corrected chi connectivity index (χ4v) is 3.44. The monoisotopic (exact) mass is 232 g/mol. The lowest BCUT2D eigenvalue weighted by Crippen LogP contribution is -2.22. The van der Waals surface area contributed by atoms with Gasteiger partial charge in [-0.3, -0.25) is 0 Å². The van der Waals surface area contributed by atoms with Crippen molar-refractivity contribution >= 4 is 15.9 Å². The minimum Gasteiger partial charge on any atom is -0.385 e. The van der Waals surface area contributed by atoms with Gasteiger partial charge in [-0.1, -0.05) is 15.9 Å². The van der Waals surface area contributed by atoms with E-state index < -0.39 is 0 Å². The van der Waals surface area contributed by atoms with E-state index in [2.05, 4.69) is 15.9 Å². The van der Waals surface area contributed by atoms with Gasteiger partial charge in [-0.05, 0) is 42.9 Å². The van der Waals surface area contributed by atoms with E-state index in [1.165, 1.54) is 31.0 Å². The molecule has 12 heavy (non-hydrogen) atoms. The van der Waals surface area contributed by atoms with Crippen molar-refractivity contribution in [2.45, 2.75) is 25.7 Å². The van der Waals surface area contributed by atoms with E-state index in [0.29, 0.717) is 5.41 Å². The van der Waals surface area contributed by atoms with Crippen LogP contribution in [-0.2, 0) is 4.74 Å². The summed E-state index contributed by atoms with van der Waals surface area (Å²) in [6, 6.07) is 0. The summed E-state index contributed by atoms with van der Waals surface area (Å²) in [4.78, 5) is 0. The van der Waals surface area contributed by atoms with Crippen LogP contribution in [0, 0.1) is 17.3 Å². The van der Waals surface area contributed by atoms with E-state index in [9.17, 15) is 0 Å². The molecule has 0 spiro atoms. The molecule has 2 saturated carbocycles. The maximum Gasteiger partial charge on any atom is 0.0467 e. The molecule has 0 radical (unpaired) electrons. The van der Waals surface area contributed by atoms with E-state index in [1.807, 2.05) is 0 Å². The Kier molecular flexibility index (Phi) is 2.48. The van der Waals surface area contributed by atoms with Gasteiger partial charge in [-0.2, -0.15) is 0 Å². The predicted molar refractivity (Wildman–Crippen MR) is 53.6 cm³/mol. The molecule has 2 rings (SSSR count). The highest BCUT2D eigenvalue weighted by Crippen LogP contribution is 2.61. The van der Waals surface area contributed by atoms with Gasteiger partial charge in [0.1, 0.15) is 0 Å². The lowest BCUT2D eigenvalue weighted by Gasteiger charge is -2.28. The van der Waals surface area contributed by atoms with E-state index in [0.717, 1.165) is 18.4 Å². The Morgan fingerprint density at radius 3 is 2.58 bits per heavy atom. The quantitative estimate of drug-likeness (QED) is 0.678. The van der Waals surface area contributed by atoms with Gasteiger partial charge in [-0.15, -0.1) is 0 Å². The highest BCUT2D eigenvalue weighted by atomic mass is 79.9. The van der Waals surface area contributed by atoms with Gasteiger partial charge in [0.15, 0.2) is 0 Å². The molecule has 70 valence electrons. The molecule has 0 aliphatic heterocycles. The third kappa shape index (κ3) is 1.56. The first kappa shape index (κ1) is 9.01. The van der Waals surface area contributed by atoms with Gasteiger partial charge in [0.25, 0.3) is 0 Å². The molecule has 1 nitrogen and oxygen atoms in total. The molecule has 0 N–H and O–H groups in total. The molecule has 0 bridgehead atoms. The second-order valence-electron chi connectivity index (χ2n) is 4.54. The second kappa shape index (κ2) is 3.30. The Morgan fingerprint density at radius 2 is 2.08 bits per heavy atom. The highest BCUT2D eigenvalue weighted by Gasteiger charge is 2.52. The number of hydrogen-bond acceptors (Lipinski definition) is 1. The third-order valence-electron chi connectivity index (χ3n) is 3.58. The Labute approximate surface area is 83.0 Å². The molecule has 0 aromatic rings. The third-order valence-corrected chi connectivity index (χ3v) is 4.77. The summed E-state index contributed by atoms with van der Waals surface area (Å²) < 4.78 is 5.16. The van der Waals surface area contributed by atoms with E-state index in [4.69, 9.17) is 4.74 Å². The molecule has 0 amide bonds. The number of rotatable bonds is 4. The highest BCUT2D eigenvalue weighted by molar-refractivity contribution is 9.09. The second-order valence-corrected chi connectivity index (χ2v) is 5.10. The van der Waals surface area contributed by atoms with Crippen LogP contribution in [0.15, 0.2) is 0 Å². The minimum atomic E-state index is 0.601.